The van der Waals surface area contributed by atoms with E-state index < -0.39 is 0 Å². The van der Waals surface area contributed by atoms with Gasteiger partial charge in [0.15, 0.2) is 0 Å². The van der Waals surface area contributed by atoms with Crippen LogP contribution < -0.4 is 21.5 Å². The van der Waals surface area contributed by atoms with Gasteiger partial charge in [0.2, 0.25) is 0 Å². The van der Waals surface area contributed by atoms with E-state index in [1.807, 2.05) is 39.2 Å². The molecule has 106 valence electrons. The molecular weight excluding hydrogens is 252 g/mol. The van der Waals surface area contributed by atoms with E-state index in [4.69, 9.17) is 5.84 Å². The van der Waals surface area contributed by atoms with E-state index in [0.717, 1.165) is 29.2 Å². The van der Waals surface area contributed by atoms with E-state index in [1.54, 1.807) is 0 Å². The minimum atomic E-state index is 0.646. The highest BCUT2D eigenvalue weighted by Gasteiger charge is 2.11. The van der Waals surface area contributed by atoms with E-state index >= 15 is 0 Å². The van der Waals surface area contributed by atoms with Crippen LogP contribution in [-0.2, 0) is 6.42 Å². The molecular formula is C14H20N6. The van der Waals surface area contributed by atoms with Crippen LogP contribution in [0.4, 0.5) is 23.0 Å². The van der Waals surface area contributed by atoms with Gasteiger partial charge in [-0.15, -0.1) is 0 Å². The molecule has 4 N–H and O–H groups in total. The third kappa shape index (κ3) is 2.80. The highest BCUT2D eigenvalue weighted by Crippen LogP contribution is 2.29. The molecule has 0 spiro atoms. The first-order valence-electron chi connectivity index (χ1n) is 6.51. The summed E-state index contributed by atoms with van der Waals surface area (Å²) in [6.07, 6.45) is 2.28. The molecule has 6 nitrogen and oxygen atoms in total. The van der Waals surface area contributed by atoms with Gasteiger partial charge in [-0.1, -0.05) is 19.1 Å². The summed E-state index contributed by atoms with van der Waals surface area (Å²) in [6, 6.07) is 8.07. The lowest BCUT2D eigenvalue weighted by Crippen LogP contribution is -2.14. The molecule has 20 heavy (non-hydrogen) atoms. The summed E-state index contributed by atoms with van der Waals surface area (Å²) in [7, 11) is 4.02. The molecule has 6 heteroatoms. The quantitative estimate of drug-likeness (QED) is 0.571. The standard InChI is InChI=1S/C14H20N6/c1-4-10-13(16-9-17-14(10)19-15)18-11-7-5-6-8-12(11)20(2)3/h5-9H,4,15H2,1-3H3,(H2,16,17,18,19). The zero-order valence-corrected chi connectivity index (χ0v) is 12.0. The molecule has 0 amide bonds. The number of nitrogens with one attached hydrogen (secondary N) is 2. The number of rotatable bonds is 5. The van der Waals surface area contributed by atoms with Gasteiger partial charge in [-0.2, -0.15) is 0 Å². The van der Waals surface area contributed by atoms with Crippen LogP contribution in [0.25, 0.3) is 0 Å². The summed E-state index contributed by atoms with van der Waals surface area (Å²) < 4.78 is 0. The van der Waals surface area contributed by atoms with Crippen molar-refractivity contribution in [2.75, 3.05) is 29.7 Å². The van der Waals surface area contributed by atoms with Gasteiger partial charge in [0.05, 0.1) is 11.4 Å². The fraction of sp³-hybridized carbons (Fsp3) is 0.286. The summed E-state index contributed by atoms with van der Waals surface area (Å²) >= 11 is 0. The van der Waals surface area contributed by atoms with Gasteiger partial charge in [0, 0.05) is 19.7 Å². The Labute approximate surface area is 119 Å². The first-order valence-corrected chi connectivity index (χ1v) is 6.51. The zero-order chi connectivity index (χ0) is 14.5. The van der Waals surface area contributed by atoms with Gasteiger partial charge in [-0.05, 0) is 18.6 Å². The summed E-state index contributed by atoms with van der Waals surface area (Å²) in [4.78, 5) is 10.5. The molecule has 2 aromatic rings. The molecule has 0 aliphatic rings. The van der Waals surface area contributed by atoms with E-state index in [0.29, 0.717) is 5.82 Å². The molecule has 0 radical (unpaired) electrons. The molecule has 0 bridgehead atoms. The number of para-hydroxylation sites is 2. The van der Waals surface area contributed by atoms with Crippen LogP contribution in [0.5, 0.6) is 0 Å². The molecule has 0 fully saturated rings. The Morgan fingerprint density at radius 1 is 1.15 bits per heavy atom. The monoisotopic (exact) mass is 272 g/mol. The molecule has 2 rings (SSSR count). The van der Waals surface area contributed by atoms with Crippen LogP contribution in [0.15, 0.2) is 30.6 Å². The summed E-state index contributed by atoms with van der Waals surface area (Å²) in [5.74, 6) is 6.90. The molecule has 0 atom stereocenters. The molecule has 1 heterocycles. The lowest BCUT2D eigenvalue weighted by molar-refractivity contribution is 1.04. The van der Waals surface area contributed by atoms with Crippen molar-refractivity contribution >= 4 is 23.0 Å². The highest BCUT2D eigenvalue weighted by molar-refractivity contribution is 5.75. The minimum absolute atomic E-state index is 0.646. The molecule has 1 aromatic heterocycles. The van der Waals surface area contributed by atoms with Crippen LogP contribution in [0.1, 0.15) is 12.5 Å². The van der Waals surface area contributed by atoms with Crippen molar-refractivity contribution in [2.24, 2.45) is 5.84 Å². The molecule has 0 unspecified atom stereocenters. The van der Waals surface area contributed by atoms with Crippen LogP contribution >= 0.6 is 0 Å². The maximum absolute atomic E-state index is 5.49. The van der Waals surface area contributed by atoms with Gasteiger partial charge in [-0.25, -0.2) is 15.8 Å². The second kappa shape index (κ2) is 6.21. The molecule has 1 aromatic carbocycles. The predicted octanol–water partition coefficient (Wildman–Crippen LogP) is 2.13. The summed E-state index contributed by atoms with van der Waals surface area (Å²) in [5, 5.41) is 3.36. The maximum Gasteiger partial charge on any atom is 0.148 e. The molecule has 0 saturated heterocycles. The van der Waals surface area contributed by atoms with Crippen molar-refractivity contribution in [3.05, 3.63) is 36.2 Å². The summed E-state index contributed by atoms with van der Waals surface area (Å²) in [6.45, 7) is 2.04. The van der Waals surface area contributed by atoms with Gasteiger partial charge in [-0.3, -0.25) is 0 Å². The van der Waals surface area contributed by atoms with Gasteiger partial charge in [0.25, 0.3) is 0 Å². The first kappa shape index (κ1) is 14.1. The number of aromatic nitrogens is 2. The second-order valence-electron chi connectivity index (χ2n) is 4.58. The van der Waals surface area contributed by atoms with Crippen molar-refractivity contribution in [3.8, 4) is 0 Å². The Hall–Kier alpha value is -2.34. The van der Waals surface area contributed by atoms with Crippen molar-refractivity contribution in [1.29, 1.82) is 0 Å². The van der Waals surface area contributed by atoms with Crippen LogP contribution in [0, 0.1) is 0 Å². The Kier molecular flexibility index (Phi) is 4.37. The third-order valence-corrected chi connectivity index (χ3v) is 3.07. The second-order valence-corrected chi connectivity index (χ2v) is 4.58. The van der Waals surface area contributed by atoms with E-state index in [2.05, 4.69) is 31.7 Å². The van der Waals surface area contributed by atoms with Gasteiger partial charge >= 0.3 is 0 Å². The fourth-order valence-corrected chi connectivity index (χ4v) is 2.08. The molecule has 0 saturated carbocycles. The fourth-order valence-electron chi connectivity index (χ4n) is 2.08. The largest absolute Gasteiger partial charge is 0.376 e. The number of nitrogen functional groups attached to an aromatic ring is 1. The number of hydrogen-bond acceptors (Lipinski definition) is 6. The Morgan fingerprint density at radius 2 is 1.85 bits per heavy atom. The van der Waals surface area contributed by atoms with E-state index in [1.165, 1.54) is 6.33 Å². The van der Waals surface area contributed by atoms with Gasteiger partial charge < -0.3 is 15.6 Å². The van der Waals surface area contributed by atoms with Crippen molar-refractivity contribution in [3.63, 3.8) is 0 Å². The highest BCUT2D eigenvalue weighted by atomic mass is 15.3. The van der Waals surface area contributed by atoms with Gasteiger partial charge in [0.1, 0.15) is 18.0 Å². The number of anilines is 4. The minimum Gasteiger partial charge on any atom is -0.376 e. The van der Waals surface area contributed by atoms with E-state index in [9.17, 15) is 0 Å². The SMILES string of the molecule is CCc1c(NN)ncnc1Nc1ccccc1N(C)C. The van der Waals surface area contributed by atoms with Crippen molar-refractivity contribution in [1.82, 2.24) is 9.97 Å². The number of benzene rings is 1. The lowest BCUT2D eigenvalue weighted by atomic mass is 10.2. The smallest absolute Gasteiger partial charge is 0.148 e. The number of nitrogens with zero attached hydrogens (tertiary/aromatic N) is 3. The van der Waals surface area contributed by atoms with Crippen LogP contribution in [-0.4, -0.2) is 24.1 Å². The number of hydrazine groups is 1. The molecule has 0 aliphatic heterocycles. The van der Waals surface area contributed by atoms with Crippen LogP contribution in [0.2, 0.25) is 0 Å². The average molecular weight is 272 g/mol. The number of hydrogen-bond donors (Lipinski definition) is 3. The third-order valence-electron chi connectivity index (χ3n) is 3.07. The topological polar surface area (TPSA) is 79.1 Å². The zero-order valence-electron chi connectivity index (χ0n) is 12.0. The predicted molar refractivity (Wildman–Crippen MR) is 83.3 cm³/mol. The summed E-state index contributed by atoms with van der Waals surface area (Å²) in [5.41, 5.74) is 5.66. The normalized spacial score (nSPS) is 10.2. The van der Waals surface area contributed by atoms with E-state index in [-0.39, 0.29) is 0 Å². The van der Waals surface area contributed by atoms with Crippen molar-refractivity contribution < 1.29 is 0 Å². The molecule has 0 aliphatic carbocycles. The Balaban J connectivity index is 2.40. The lowest BCUT2D eigenvalue weighted by Gasteiger charge is -2.19. The Morgan fingerprint density at radius 3 is 2.50 bits per heavy atom. The van der Waals surface area contributed by atoms with Crippen LogP contribution in [0.3, 0.4) is 0 Å². The Bertz CT molecular complexity index is 582. The average Bonchev–Trinajstić information content (AvgIpc) is 2.47. The van der Waals surface area contributed by atoms with Crippen molar-refractivity contribution in [2.45, 2.75) is 13.3 Å². The first-order chi connectivity index (χ1) is 9.67. The maximum atomic E-state index is 5.49. The number of nitrogens with two attached hydrogens (primary N) is 1.